The summed E-state index contributed by atoms with van der Waals surface area (Å²) in [6.07, 6.45) is -0.391. The molecule has 0 aromatic heterocycles. The van der Waals surface area contributed by atoms with E-state index in [0.717, 1.165) is 17.4 Å². The van der Waals surface area contributed by atoms with Gasteiger partial charge in [0.2, 0.25) is 0 Å². The second kappa shape index (κ2) is 6.30. The molecule has 2 aliphatic heterocycles. The average Bonchev–Trinajstić information content (AvgIpc) is 2.75. The summed E-state index contributed by atoms with van der Waals surface area (Å²) >= 11 is 0. The van der Waals surface area contributed by atoms with Crippen LogP contribution in [0.5, 0.6) is 0 Å². The van der Waals surface area contributed by atoms with Crippen molar-refractivity contribution in [1.82, 2.24) is 4.90 Å². The molecule has 2 heterocycles. The normalized spacial score (nSPS) is 24.0. The SMILES string of the molecule is CN(CC1OCCc2cc(B3OC(C)(C)C(C)(C)O3)ccc21)C(=O)O. The topological polar surface area (TPSA) is 68.2 Å². The first-order chi connectivity index (χ1) is 11.6. The lowest BCUT2D eigenvalue weighted by molar-refractivity contribution is 0.00578. The van der Waals surface area contributed by atoms with Crippen LogP contribution in [0.3, 0.4) is 0 Å². The Morgan fingerprint density at radius 2 is 1.92 bits per heavy atom. The Morgan fingerprint density at radius 1 is 1.28 bits per heavy atom. The maximum atomic E-state index is 11.1. The van der Waals surface area contributed by atoms with Crippen LogP contribution in [0.4, 0.5) is 4.79 Å². The van der Waals surface area contributed by atoms with Crippen LogP contribution in [0, 0.1) is 0 Å². The number of hydrogen-bond acceptors (Lipinski definition) is 4. The summed E-state index contributed by atoms with van der Waals surface area (Å²) in [4.78, 5) is 12.3. The van der Waals surface area contributed by atoms with Crippen LogP contribution in [-0.4, -0.2) is 54.6 Å². The van der Waals surface area contributed by atoms with Gasteiger partial charge in [-0.2, -0.15) is 0 Å². The number of rotatable bonds is 3. The first-order valence-corrected chi connectivity index (χ1v) is 8.65. The molecule has 1 atom stereocenters. The van der Waals surface area contributed by atoms with Crippen LogP contribution in [0.1, 0.15) is 44.9 Å². The molecule has 0 radical (unpaired) electrons. The van der Waals surface area contributed by atoms with Crippen LogP contribution < -0.4 is 5.46 Å². The van der Waals surface area contributed by atoms with E-state index in [9.17, 15) is 4.79 Å². The Labute approximate surface area is 149 Å². The third kappa shape index (κ3) is 3.41. The standard InChI is InChI=1S/C18H26BNO5/c1-17(2)18(3,4)25-19(24-17)13-6-7-14-12(10-13)8-9-23-15(14)11-20(5)16(21)22/h6-7,10,15H,8-9,11H2,1-5H3,(H,21,22). The molecule has 1 unspecified atom stereocenters. The highest BCUT2D eigenvalue weighted by atomic mass is 16.7. The third-order valence-corrected chi connectivity index (χ3v) is 5.50. The predicted octanol–water partition coefficient (Wildman–Crippen LogP) is 2.21. The van der Waals surface area contributed by atoms with Crippen LogP contribution in [-0.2, 0) is 20.5 Å². The van der Waals surface area contributed by atoms with Gasteiger partial charge in [0.15, 0.2) is 0 Å². The quantitative estimate of drug-likeness (QED) is 0.849. The van der Waals surface area contributed by atoms with Crippen molar-refractivity contribution in [1.29, 1.82) is 0 Å². The summed E-state index contributed by atoms with van der Waals surface area (Å²) in [5.41, 5.74) is 2.46. The summed E-state index contributed by atoms with van der Waals surface area (Å²) in [5.74, 6) is 0. The largest absolute Gasteiger partial charge is 0.494 e. The molecule has 1 saturated heterocycles. The molecule has 0 aliphatic carbocycles. The summed E-state index contributed by atoms with van der Waals surface area (Å²) in [5, 5.41) is 9.08. The molecule has 136 valence electrons. The van der Waals surface area contributed by atoms with Crippen molar-refractivity contribution in [2.24, 2.45) is 0 Å². The minimum Gasteiger partial charge on any atom is -0.465 e. The van der Waals surface area contributed by atoms with E-state index in [2.05, 4.69) is 6.07 Å². The molecular formula is C18H26BNO5. The molecule has 2 aliphatic rings. The number of hydrogen-bond donors (Lipinski definition) is 1. The monoisotopic (exact) mass is 347 g/mol. The van der Waals surface area contributed by atoms with Gasteiger partial charge in [0.1, 0.15) is 6.10 Å². The van der Waals surface area contributed by atoms with Crippen molar-refractivity contribution in [3.63, 3.8) is 0 Å². The van der Waals surface area contributed by atoms with Crippen molar-refractivity contribution in [2.75, 3.05) is 20.2 Å². The Bertz CT molecular complexity index is 659. The summed E-state index contributed by atoms with van der Waals surface area (Å²) in [7, 11) is 1.16. The summed E-state index contributed by atoms with van der Waals surface area (Å²) in [6.45, 7) is 9.05. The number of carboxylic acid groups (broad SMARTS) is 1. The maximum absolute atomic E-state index is 11.1. The zero-order valence-corrected chi connectivity index (χ0v) is 15.5. The number of ether oxygens (including phenoxy) is 1. The van der Waals surface area contributed by atoms with Crippen LogP contribution in [0.25, 0.3) is 0 Å². The van der Waals surface area contributed by atoms with Gasteiger partial charge in [-0.3, -0.25) is 0 Å². The van der Waals surface area contributed by atoms with Gasteiger partial charge in [-0.1, -0.05) is 18.2 Å². The smallest absolute Gasteiger partial charge is 0.465 e. The summed E-state index contributed by atoms with van der Waals surface area (Å²) in [6, 6.07) is 6.10. The van der Waals surface area contributed by atoms with E-state index in [-0.39, 0.29) is 17.3 Å². The molecule has 1 N–H and O–H groups in total. The summed E-state index contributed by atoms with van der Waals surface area (Å²) < 4.78 is 18.0. The van der Waals surface area contributed by atoms with Gasteiger partial charge in [0.25, 0.3) is 0 Å². The minimum atomic E-state index is -0.954. The van der Waals surface area contributed by atoms with Gasteiger partial charge >= 0.3 is 13.2 Å². The van der Waals surface area contributed by atoms with Gasteiger partial charge in [0, 0.05) is 7.05 Å². The van der Waals surface area contributed by atoms with Crippen molar-refractivity contribution in [3.05, 3.63) is 29.3 Å². The van der Waals surface area contributed by atoms with Gasteiger partial charge in [-0.15, -0.1) is 0 Å². The number of carbonyl (C=O) groups is 1. The van der Waals surface area contributed by atoms with Crippen molar-refractivity contribution >= 4 is 18.7 Å². The maximum Gasteiger partial charge on any atom is 0.494 e. The average molecular weight is 347 g/mol. The van der Waals surface area contributed by atoms with Crippen molar-refractivity contribution < 1.29 is 23.9 Å². The fourth-order valence-electron chi connectivity index (χ4n) is 3.16. The number of likely N-dealkylation sites (N-methyl/N-ethyl adjacent to an activating group) is 1. The van der Waals surface area contributed by atoms with Gasteiger partial charge in [0.05, 0.1) is 24.4 Å². The molecule has 1 fully saturated rings. The van der Waals surface area contributed by atoms with Gasteiger partial charge in [-0.25, -0.2) is 4.79 Å². The Morgan fingerprint density at radius 3 is 2.52 bits per heavy atom. The number of fused-ring (bicyclic) bond motifs is 1. The first kappa shape index (κ1) is 18.2. The lowest BCUT2D eigenvalue weighted by Crippen LogP contribution is -2.41. The molecule has 25 heavy (non-hydrogen) atoms. The fourth-order valence-corrected chi connectivity index (χ4v) is 3.16. The molecule has 7 heteroatoms. The van der Waals surface area contributed by atoms with E-state index in [1.807, 2.05) is 39.8 Å². The highest BCUT2D eigenvalue weighted by molar-refractivity contribution is 6.62. The molecule has 1 amide bonds. The second-order valence-electron chi connectivity index (χ2n) is 7.82. The molecule has 1 aromatic rings. The number of amides is 1. The van der Waals surface area contributed by atoms with E-state index >= 15 is 0 Å². The van der Waals surface area contributed by atoms with Crippen LogP contribution in [0.2, 0.25) is 0 Å². The molecule has 0 bridgehead atoms. The fraction of sp³-hybridized carbons (Fsp3) is 0.611. The second-order valence-corrected chi connectivity index (χ2v) is 7.82. The van der Waals surface area contributed by atoms with E-state index in [1.54, 1.807) is 7.05 Å². The molecule has 0 saturated carbocycles. The van der Waals surface area contributed by atoms with Crippen LogP contribution >= 0.6 is 0 Å². The molecule has 1 aromatic carbocycles. The van der Waals surface area contributed by atoms with Gasteiger partial charge in [-0.05, 0) is 50.7 Å². The Hall–Kier alpha value is -1.57. The van der Waals surface area contributed by atoms with Crippen molar-refractivity contribution in [3.8, 4) is 0 Å². The molecular weight excluding hydrogens is 321 g/mol. The first-order valence-electron chi connectivity index (χ1n) is 8.65. The predicted molar refractivity (Wildman–Crippen MR) is 95.2 cm³/mol. The third-order valence-electron chi connectivity index (χ3n) is 5.50. The van der Waals surface area contributed by atoms with Gasteiger partial charge < -0.3 is 24.1 Å². The van der Waals surface area contributed by atoms with E-state index in [1.165, 1.54) is 10.5 Å². The van der Waals surface area contributed by atoms with E-state index in [4.69, 9.17) is 19.2 Å². The number of nitrogens with zero attached hydrogens (tertiary/aromatic N) is 1. The highest BCUT2D eigenvalue weighted by Gasteiger charge is 2.51. The zero-order valence-electron chi connectivity index (χ0n) is 15.5. The minimum absolute atomic E-state index is 0.239. The Kier molecular flexibility index (Phi) is 4.60. The number of benzene rings is 1. The molecule has 6 nitrogen and oxygen atoms in total. The molecule has 3 rings (SSSR count). The van der Waals surface area contributed by atoms with E-state index < -0.39 is 13.2 Å². The Balaban J connectivity index is 1.82. The van der Waals surface area contributed by atoms with Crippen LogP contribution in [0.15, 0.2) is 18.2 Å². The molecule has 0 spiro atoms. The zero-order chi connectivity index (χ0) is 18.4. The lowest BCUT2D eigenvalue weighted by Gasteiger charge is -2.32. The highest BCUT2D eigenvalue weighted by Crippen LogP contribution is 2.37. The van der Waals surface area contributed by atoms with E-state index in [0.29, 0.717) is 13.2 Å². The lowest BCUT2D eigenvalue weighted by atomic mass is 9.76. The van der Waals surface area contributed by atoms with Crippen molar-refractivity contribution in [2.45, 2.75) is 51.4 Å².